The lowest BCUT2D eigenvalue weighted by Crippen LogP contribution is -2.59. The van der Waals surface area contributed by atoms with Gasteiger partial charge in [-0.3, -0.25) is 4.90 Å². The minimum atomic E-state index is 0.380. The first-order chi connectivity index (χ1) is 7.95. The van der Waals surface area contributed by atoms with Crippen LogP contribution in [0.15, 0.2) is 0 Å². The Hall–Kier alpha value is 0.270. The predicted molar refractivity (Wildman–Crippen MR) is 79.9 cm³/mol. The molecular weight excluding hydrogens is 228 g/mol. The molecule has 2 unspecified atom stereocenters. The fraction of sp³-hybridized carbons (Fsp3) is 1.00. The molecule has 0 bridgehead atoms. The molecule has 1 heterocycles. The van der Waals surface area contributed by atoms with Gasteiger partial charge in [-0.15, -0.1) is 0 Å². The van der Waals surface area contributed by atoms with E-state index in [0.717, 1.165) is 6.54 Å². The van der Waals surface area contributed by atoms with Crippen LogP contribution in [0, 0.1) is 5.41 Å². The number of hydrogen-bond donors (Lipinski definition) is 1. The smallest absolute Gasteiger partial charge is 0.0269 e. The summed E-state index contributed by atoms with van der Waals surface area (Å²) in [6.45, 7) is 15.3. The number of hydrogen-bond acceptors (Lipinski definition) is 3. The van der Waals surface area contributed by atoms with Gasteiger partial charge in [0.1, 0.15) is 0 Å². The van der Waals surface area contributed by atoms with Crippen LogP contribution in [0.2, 0.25) is 0 Å². The molecule has 0 saturated carbocycles. The molecule has 102 valence electrons. The van der Waals surface area contributed by atoms with Crippen molar-refractivity contribution in [1.82, 2.24) is 10.2 Å². The van der Waals surface area contributed by atoms with Gasteiger partial charge in [0.2, 0.25) is 0 Å². The predicted octanol–water partition coefficient (Wildman–Crippen LogP) is 2.84. The van der Waals surface area contributed by atoms with Gasteiger partial charge in [-0.1, -0.05) is 27.7 Å². The maximum atomic E-state index is 3.62. The van der Waals surface area contributed by atoms with Crippen molar-refractivity contribution in [1.29, 1.82) is 0 Å². The Labute approximate surface area is 112 Å². The largest absolute Gasteiger partial charge is 0.311 e. The van der Waals surface area contributed by atoms with Gasteiger partial charge in [-0.25, -0.2) is 0 Å². The third kappa shape index (κ3) is 5.19. The third-order valence-electron chi connectivity index (χ3n) is 3.55. The van der Waals surface area contributed by atoms with E-state index in [9.17, 15) is 0 Å². The van der Waals surface area contributed by atoms with Crippen molar-refractivity contribution in [3.05, 3.63) is 0 Å². The van der Waals surface area contributed by atoms with E-state index in [-0.39, 0.29) is 0 Å². The van der Waals surface area contributed by atoms with Crippen molar-refractivity contribution >= 4 is 11.8 Å². The number of piperazine rings is 1. The molecule has 1 fully saturated rings. The second-order valence-electron chi connectivity index (χ2n) is 6.24. The maximum absolute atomic E-state index is 3.62. The van der Waals surface area contributed by atoms with Crippen molar-refractivity contribution in [3.8, 4) is 0 Å². The van der Waals surface area contributed by atoms with Crippen LogP contribution in [0.5, 0.6) is 0 Å². The van der Waals surface area contributed by atoms with Gasteiger partial charge >= 0.3 is 0 Å². The minimum absolute atomic E-state index is 0.380. The van der Waals surface area contributed by atoms with E-state index in [1.165, 1.54) is 31.0 Å². The third-order valence-corrected chi connectivity index (χ3v) is 4.53. The molecule has 0 aliphatic carbocycles. The lowest BCUT2D eigenvalue weighted by molar-refractivity contribution is 0.0595. The number of nitrogens with one attached hydrogen (secondary N) is 1. The van der Waals surface area contributed by atoms with Crippen LogP contribution in [0.4, 0.5) is 0 Å². The Morgan fingerprint density at radius 3 is 2.65 bits per heavy atom. The lowest BCUT2D eigenvalue weighted by atomic mass is 9.84. The van der Waals surface area contributed by atoms with E-state index >= 15 is 0 Å². The number of rotatable bonds is 5. The molecule has 1 N–H and O–H groups in total. The molecule has 0 radical (unpaired) electrons. The van der Waals surface area contributed by atoms with Crippen LogP contribution >= 0.6 is 11.8 Å². The number of thioether (sulfide) groups is 1. The molecular formula is C14H30N2S. The van der Waals surface area contributed by atoms with Crippen molar-refractivity contribution in [2.45, 2.75) is 53.1 Å². The van der Waals surface area contributed by atoms with Gasteiger partial charge in [0, 0.05) is 25.2 Å². The van der Waals surface area contributed by atoms with Crippen molar-refractivity contribution in [2.75, 3.05) is 31.1 Å². The van der Waals surface area contributed by atoms with Crippen LogP contribution in [0.25, 0.3) is 0 Å². The summed E-state index contributed by atoms with van der Waals surface area (Å²) < 4.78 is 0. The Bertz CT molecular complexity index is 213. The summed E-state index contributed by atoms with van der Waals surface area (Å²) in [5, 5.41) is 3.62. The van der Waals surface area contributed by atoms with Gasteiger partial charge in [-0.2, -0.15) is 11.8 Å². The van der Waals surface area contributed by atoms with E-state index in [0.29, 0.717) is 17.5 Å². The van der Waals surface area contributed by atoms with E-state index in [2.05, 4.69) is 56.6 Å². The molecule has 0 spiro atoms. The monoisotopic (exact) mass is 258 g/mol. The van der Waals surface area contributed by atoms with E-state index < -0.39 is 0 Å². The zero-order valence-corrected chi connectivity index (χ0v) is 13.1. The maximum Gasteiger partial charge on any atom is 0.0269 e. The van der Waals surface area contributed by atoms with Crippen LogP contribution in [-0.2, 0) is 0 Å². The zero-order valence-electron chi connectivity index (χ0n) is 12.3. The molecule has 0 amide bonds. The SMILES string of the molecule is CCSCCCN1CC(C)NCC1C(C)(C)C. The van der Waals surface area contributed by atoms with Crippen molar-refractivity contribution < 1.29 is 0 Å². The molecule has 1 aliphatic rings. The summed E-state index contributed by atoms with van der Waals surface area (Å²) in [5.74, 6) is 2.56. The van der Waals surface area contributed by atoms with E-state index in [4.69, 9.17) is 0 Å². The highest BCUT2D eigenvalue weighted by molar-refractivity contribution is 7.99. The fourth-order valence-corrected chi connectivity index (χ4v) is 3.22. The summed E-state index contributed by atoms with van der Waals surface area (Å²) in [5.41, 5.74) is 0.380. The molecule has 1 aliphatic heterocycles. The van der Waals surface area contributed by atoms with Crippen LogP contribution < -0.4 is 5.32 Å². The molecule has 0 aromatic rings. The number of nitrogens with zero attached hydrogens (tertiary/aromatic N) is 1. The average molecular weight is 258 g/mol. The Kier molecular flexibility index (Phi) is 6.32. The molecule has 0 aromatic heterocycles. The summed E-state index contributed by atoms with van der Waals surface area (Å²) in [6.07, 6.45) is 1.33. The first-order valence-electron chi connectivity index (χ1n) is 7.00. The summed E-state index contributed by atoms with van der Waals surface area (Å²) in [7, 11) is 0. The second-order valence-corrected chi connectivity index (χ2v) is 7.63. The topological polar surface area (TPSA) is 15.3 Å². The Morgan fingerprint density at radius 1 is 1.35 bits per heavy atom. The van der Waals surface area contributed by atoms with Gasteiger partial charge < -0.3 is 5.32 Å². The van der Waals surface area contributed by atoms with Crippen LogP contribution in [0.3, 0.4) is 0 Å². The average Bonchev–Trinajstić information content (AvgIpc) is 2.23. The Morgan fingerprint density at radius 2 is 2.06 bits per heavy atom. The molecule has 1 rings (SSSR count). The second kappa shape index (κ2) is 7.01. The molecule has 17 heavy (non-hydrogen) atoms. The molecule has 0 aromatic carbocycles. The van der Waals surface area contributed by atoms with E-state index in [1.807, 2.05) is 0 Å². The quantitative estimate of drug-likeness (QED) is 0.764. The summed E-state index contributed by atoms with van der Waals surface area (Å²) in [4.78, 5) is 2.71. The fourth-order valence-electron chi connectivity index (χ4n) is 2.60. The van der Waals surface area contributed by atoms with Gasteiger partial charge in [0.15, 0.2) is 0 Å². The Balaban J connectivity index is 2.44. The van der Waals surface area contributed by atoms with Crippen LogP contribution in [-0.4, -0.2) is 48.1 Å². The molecule has 2 nitrogen and oxygen atoms in total. The first-order valence-corrected chi connectivity index (χ1v) is 8.15. The highest BCUT2D eigenvalue weighted by Gasteiger charge is 2.33. The van der Waals surface area contributed by atoms with Crippen LogP contribution in [0.1, 0.15) is 41.0 Å². The van der Waals surface area contributed by atoms with Crippen molar-refractivity contribution in [3.63, 3.8) is 0 Å². The summed E-state index contributed by atoms with van der Waals surface area (Å²) >= 11 is 2.06. The highest BCUT2D eigenvalue weighted by atomic mass is 32.2. The standard InChI is InChI=1S/C14H30N2S/c1-6-17-9-7-8-16-11-12(2)15-10-13(16)14(3,4)5/h12-13,15H,6-11H2,1-5H3. The summed E-state index contributed by atoms with van der Waals surface area (Å²) in [6, 6.07) is 1.33. The van der Waals surface area contributed by atoms with Gasteiger partial charge in [-0.05, 0) is 36.8 Å². The first kappa shape index (κ1) is 15.3. The molecule has 2 atom stereocenters. The van der Waals surface area contributed by atoms with E-state index in [1.54, 1.807) is 0 Å². The van der Waals surface area contributed by atoms with Crippen molar-refractivity contribution in [2.24, 2.45) is 5.41 Å². The molecule has 3 heteroatoms. The lowest BCUT2D eigenvalue weighted by Gasteiger charge is -2.46. The zero-order chi connectivity index (χ0) is 12.9. The molecule has 1 saturated heterocycles. The highest BCUT2D eigenvalue weighted by Crippen LogP contribution is 2.26. The van der Waals surface area contributed by atoms with Gasteiger partial charge in [0.25, 0.3) is 0 Å². The van der Waals surface area contributed by atoms with Gasteiger partial charge in [0.05, 0.1) is 0 Å². The normalized spacial score (nSPS) is 27.4. The minimum Gasteiger partial charge on any atom is -0.311 e.